The largest absolute Gasteiger partial charge is 0.396 e. The fourth-order valence-electron chi connectivity index (χ4n) is 2.83. The van der Waals surface area contributed by atoms with Crippen LogP contribution in [0, 0.1) is 11.2 Å². The maximum absolute atomic E-state index is 13.3. The molecule has 1 aliphatic carbocycles. The highest BCUT2D eigenvalue weighted by Crippen LogP contribution is 2.36. The van der Waals surface area contributed by atoms with Crippen molar-refractivity contribution < 1.29 is 12.8 Å². The second kappa shape index (κ2) is 5.74. The maximum atomic E-state index is 13.3. The highest BCUT2D eigenvalue weighted by atomic mass is 35.5. The van der Waals surface area contributed by atoms with E-state index in [1.54, 1.807) is 0 Å². The third-order valence-electron chi connectivity index (χ3n) is 3.87. The zero-order valence-electron chi connectivity index (χ0n) is 12.1. The van der Waals surface area contributed by atoms with Crippen molar-refractivity contribution in [2.24, 2.45) is 5.41 Å². The summed E-state index contributed by atoms with van der Waals surface area (Å²) in [5.74, 6) is -0.724. The Kier molecular flexibility index (Phi) is 4.52. The zero-order valence-corrected chi connectivity index (χ0v) is 13.7. The van der Waals surface area contributed by atoms with Gasteiger partial charge in [-0.05, 0) is 36.8 Å². The minimum atomic E-state index is -3.81. The van der Waals surface area contributed by atoms with E-state index >= 15 is 0 Å². The van der Waals surface area contributed by atoms with Crippen LogP contribution in [-0.2, 0) is 10.0 Å². The number of sulfonamides is 1. The monoisotopic (exact) mass is 334 g/mol. The summed E-state index contributed by atoms with van der Waals surface area (Å²) in [4.78, 5) is -0.175. The lowest BCUT2D eigenvalue weighted by atomic mass is 9.75. The molecule has 0 amide bonds. The molecule has 7 heteroatoms. The standard InChI is InChI=1S/C14H20ClFN2O2S/c1-14(2)5-3-4-9(8-14)18-21(19,20)13-7-12(17)11(16)6-10(13)15/h6-7,9,18H,3-5,8,17H2,1-2H3. The summed E-state index contributed by atoms with van der Waals surface area (Å²) < 4.78 is 40.8. The van der Waals surface area contributed by atoms with Crippen LogP contribution in [-0.4, -0.2) is 14.5 Å². The van der Waals surface area contributed by atoms with Gasteiger partial charge in [-0.25, -0.2) is 17.5 Å². The van der Waals surface area contributed by atoms with Crippen LogP contribution in [0.4, 0.5) is 10.1 Å². The molecule has 0 radical (unpaired) electrons. The van der Waals surface area contributed by atoms with E-state index in [1.165, 1.54) is 0 Å². The van der Waals surface area contributed by atoms with Crippen molar-refractivity contribution in [1.82, 2.24) is 4.72 Å². The summed E-state index contributed by atoms with van der Waals surface area (Å²) in [5, 5.41) is -0.163. The molecule has 0 saturated heterocycles. The first-order valence-corrected chi connectivity index (χ1v) is 8.74. The lowest BCUT2D eigenvalue weighted by Gasteiger charge is -2.35. The molecule has 0 aliphatic heterocycles. The molecule has 0 heterocycles. The van der Waals surface area contributed by atoms with E-state index in [0.29, 0.717) is 0 Å². The Morgan fingerprint density at radius 1 is 1.43 bits per heavy atom. The van der Waals surface area contributed by atoms with Crippen molar-refractivity contribution in [3.05, 3.63) is 23.0 Å². The average molecular weight is 335 g/mol. The van der Waals surface area contributed by atoms with Crippen molar-refractivity contribution in [2.45, 2.75) is 50.5 Å². The van der Waals surface area contributed by atoms with Crippen LogP contribution in [0.3, 0.4) is 0 Å². The molecular formula is C14H20ClFN2O2S. The molecule has 21 heavy (non-hydrogen) atoms. The Morgan fingerprint density at radius 3 is 2.71 bits per heavy atom. The molecule has 2 rings (SSSR count). The zero-order chi connectivity index (χ0) is 15.8. The highest BCUT2D eigenvalue weighted by Gasteiger charge is 2.31. The quantitative estimate of drug-likeness (QED) is 0.833. The summed E-state index contributed by atoms with van der Waals surface area (Å²) >= 11 is 5.85. The number of nitrogens with two attached hydrogens (primary N) is 1. The number of halogens is 2. The third-order valence-corrected chi connectivity index (χ3v) is 5.85. The summed E-state index contributed by atoms with van der Waals surface area (Å²) in [5.41, 5.74) is 5.31. The number of nitrogen functional groups attached to an aromatic ring is 1. The van der Waals surface area contributed by atoms with E-state index in [9.17, 15) is 12.8 Å². The van der Waals surface area contributed by atoms with E-state index in [4.69, 9.17) is 17.3 Å². The molecule has 0 bridgehead atoms. The van der Waals surface area contributed by atoms with Crippen molar-refractivity contribution in [3.8, 4) is 0 Å². The van der Waals surface area contributed by atoms with Crippen LogP contribution >= 0.6 is 11.6 Å². The molecule has 0 spiro atoms. The molecule has 1 aromatic carbocycles. The van der Waals surface area contributed by atoms with E-state index < -0.39 is 15.8 Å². The molecule has 1 unspecified atom stereocenters. The van der Waals surface area contributed by atoms with E-state index in [2.05, 4.69) is 18.6 Å². The number of nitrogens with one attached hydrogen (secondary N) is 1. The fraction of sp³-hybridized carbons (Fsp3) is 0.571. The smallest absolute Gasteiger partial charge is 0.242 e. The van der Waals surface area contributed by atoms with Crippen molar-refractivity contribution >= 4 is 27.3 Å². The molecule has 4 nitrogen and oxygen atoms in total. The predicted molar refractivity (Wildman–Crippen MR) is 82.2 cm³/mol. The normalized spacial score (nSPS) is 22.2. The van der Waals surface area contributed by atoms with E-state index in [1.807, 2.05) is 0 Å². The second-order valence-corrected chi connectivity index (χ2v) is 8.47. The van der Waals surface area contributed by atoms with Crippen LogP contribution < -0.4 is 10.5 Å². The van der Waals surface area contributed by atoms with Gasteiger partial charge in [0.25, 0.3) is 0 Å². The van der Waals surface area contributed by atoms with E-state index in [-0.39, 0.29) is 27.1 Å². The van der Waals surface area contributed by atoms with Gasteiger partial charge in [0.05, 0.1) is 10.7 Å². The minimum absolute atomic E-state index is 0.108. The topological polar surface area (TPSA) is 72.2 Å². The first-order valence-electron chi connectivity index (χ1n) is 6.88. The summed E-state index contributed by atoms with van der Waals surface area (Å²) in [6, 6.07) is 1.85. The van der Waals surface area contributed by atoms with Gasteiger partial charge in [-0.1, -0.05) is 31.9 Å². The Labute approximate surface area is 129 Å². The number of hydrogen-bond acceptors (Lipinski definition) is 3. The summed E-state index contributed by atoms with van der Waals surface area (Å²) in [7, 11) is -3.81. The third kappa shape index (κ3) is 3.87. The van der Waals surface area contributed by atoms with Crippen LogP contribution in [0.15, 0.2) is 17.0 Å². The molecule has 3 N–H and O–H groups in total. The van der Waals surface area contributed by atoms with Gasteiger partial charge in [0.1, 0.15) is 10.7 Å². The first-order chi connectivity index (χ1) is 9.61. The van der Waals surface area contributed by atoms with Gasteiger partial charge in [-0.3, -0.25) is 0 Å². The van der Waals surface area contributed by atoms with E-state index in [0.717, 1.165) is 37.8 Å². The molecule has 1 aliphatic rings. The Hall–Kier alpha value is -0.850. The highest BCUT2D eigenvalue weighted by molar-refractivity contribution is 7.89. The number of hydrogen-bond donors (Lipinski definition) is 2. The molecule has 118 valence electrons. The van der Waals surface area contributed by atoms with Crippen LogP contribution in [0.2, 0.25) is 5.02 Å². The number of benzene rings is 1. The van der Waals surface area contributed by atoms with Gasteiger partial charge in [0.15, 0.2) is 0 Å². The molecule has 1 aromatic rings. The Bertz CT molecular complexity index is 647. The summed E-state index contributed by atoms with van der Waals surface area (Å²) in [6.07, 6.45) is 3.60. The average Bonchev–Trinajstić information content (AvgIpc) is 2.31. The van der Waals surface area contributed by atoms with Gasteiger partial charge >= 0.3 is 0 Å². The SMILES string of the molecule is CC1(C)CCCC(NS(=O)(=O)c2cc(N)c(F)cc2Cl)C1. The van der Waals surface area contributed by atoms with Gasteiger partial charge < -0.3 is 5.73 Å². The van der Waals surface area contributed by atoms with Crippen molar-refractivity contribution in [3.63, 3.8) is 0 Å². The molecule has 1 atom stereocenters. The molecule has 1 fully saturated rings. The van der Waals surface area contributed by atoms with Gasteiger partial charge in [0, 0.05) is 6.04 Å². The maximum Gasteiger partial charge on any atom is 0.242 e. The van der Waals surface area contributed by atoms with Gasteiger partial charge in [-0.2, -0.15) is 0 Å². The van der Waals surface area contributed by atoms with Gasteiger partial charge in [-0.15, -0.1) is 0 Å². The second-order valence-electron chi connectivity index (χ2n) is 6.38. The molecule has 0 aromatic heterocycles. The van der Waals surface area contributed by atoms with Gasteiger partial charge in [0.2, 0.25) is 10.0 Å². The summed E-state index contributed by atoms with van der Waals surface area (Å²) in [6.45, 7) is 4.24. The number of rotatable bonds is 3. The minimum Gasteiger partial charge on any atom is -0.396 e. The fourth-order valence-corrected chi connectivity index (χ4v) is 4.65. The van der Waals surface area contributed by atoms with Crippen LogP contribution in [0.1, 0.15) is 39.5 Å². The molecule has 1 saturated carbocycles. The lowest BCUT2D eigenvalue weighted by molar-refractivity contribution is 0.212. The predicted octanol–water partition coefficient (Wildman–Crippen LogP) is 3.31. The van der Waals surface area contributed by atoms with Crippen LogP contribution in [0.5, 0.6) is 0 Å². The van der Waals surface area contributed by atoms with Crippen molar-refractivity contribution in [2.75, 3.05) is 5.73 Å². The lowest BCUT2D eigenvalue weighted by Crippen LogP contribution is -2.40. The Balaban J connectivity index is 2.25. The molecular weight excluding hydrogens is 315 g/mol. The Morgan fingerprint density at radius 2 is 2.10 bits per heavy atom. The van der Waals surface area contributed by atoms with Crippen molar-refractivity contribution in [1.29, 1.82) is 0 Å². The number of anilines is 1. The first kappa shape index (κ1) is 16.5. The van der Waals surface area contributed by atoms with Crippen LogP contribution in [0.25, 0.3) is 0 Å².